The minimum absolute atomic E-state index is 0.213. The molecule has 0 aromatic carbocycles. The molecule has 1 N–H and O–H groups in total. The minimum Gasteiger partial charge on any atom is -0.478 e. The summed E-state index contributed by atoms with van der Waals surface area (Å²) in [6, 6.07) is 5.24. The van der Waals surface area contributed by atoms with Crippen molar-refractivity contribution >= 4 is 11.8 Å². The van der Waals surface area contributed by atoms with E-state index in [0.29, 0.717) is 25.5 Å². The van der Waals surface area contributed by atoms with E-state index in [-0.39, 0.29) is 11.0 Å². The van der Waals surface area contributed by atoms with Crippen LogP contribution in [0.5, 0.6) is 0 Å². The number of aromatic nitrogens is 1. The Bertz CT molecular complexity index is 587. The van der Waals surface area contributed by atoms with E-state index in [1.807, 2.05) is 25.7 Å². The number of pyridine rings is 1. The molecule has 1 saturated heterocycles. The number of hydrogen-bond acceptors (Lipinski definition) is 5. The van der Waals surface area contributed by atoms with Crippen molar-refractivity contribution in [2.24, 2.45) is 0 Å². The predicted octanol–water partition coefficient (Wildman–Crippen LogP) is 1.81. The highest BCUT2D eigenvalue weighted by atomic mass is 16.5. The first-order chi connectivity index (χ1) is 9.81. The summed E-state index contributed by atoms with van der Waals surface area (Å²) < 4.78 is 5.31. The van der Waals surface area contributed by atoms with Gasteiger partial charge in [0.15, 0.2) is 6.10 Å². The summed E-state index contributed by atoms with van der Waals surface area (Å²) >= 11 is 0. The van der Waals surface area contributed by atoms with Gasteiger partial charge in [-0.05, 0) is 12.1 Å². The lowest BCUT2D eigenvalue weighted by Gasteiger charge is -2.32. The van der Waals surface area contributed by atoms with Crippen LogP contribution in [0.2, 0.25) is 0 Å². The largest absolute Gasteiger partial charge is 0.478 e. The summed E-state index contributed by atoms with van der Waals surface area (Å²) in [7, 11) is 0. The number of nitriles is 1. The van der Waals surface area contributed by atoms with E-state index < -0.39 is 12.1 Å². The third kappa shape index (κ3) is 3.50. The van der Waals surface area contributed by atoms with Crippen LogP contribution in [0.4, 0.5) is 5.82 Å². The quantitative estimate of drug-likeness (QED) is 0.893. The second-order valence-corrected chi connectivity index (χ2v) is 6.09. The van der Waals surface area contributed by atoms with E-state index in [4.69, 9.17) is 10.00 Å². The highest BCUT2D eigenvalue weighted by Gasteiger charge is 2.24. The van der Waals surface area contributed by atoms with Crippen LogP contribution in [0.1, 0.15) is 36.8 Å². The molecule has 1 fully saturated rings. The van der Waals surface area contributed by atoms with E-state index >= 15 is 0 Å². The van der Waals surface area contributed by atoms with Crippen molar-refractivity contribution in [1.82, 2.24) is 4.98 Å². The highest BCUT2D eigenvalue weighted by molar-refractivity contribution is 5.88. The average molecular weight is 289 g/mol. The maximum atomic E-state index is 11.3. The van der Waals surface area contributed by atoms with Crippen LogP contribution in [0.3, 0.4) is 0 Å². The third-order valence-corrected chi connectivity index (χ3v) is 3.36. The molecule has 0 bridgehead atoms. The first-order valence-electron chi connectivity index (χ1n) is 6.83. The topological polar surface area (TPSA) is 86.5 Å². The Morgan fingerprint density at radius 2 is 2.24 bits per heavy atom. The number of carbonyl (C=O) groups is 1. The zero-order valence-corrected chi connectivity index (χ0v) is 12.5. The van der Waals surface area contributed by atoms with Crippen molar-refractivity contribution in [3.63, 3.8) is 0 Å². The van der Waals surface area contributed by atoms with Gasteiger partial charge >= 0.3 is 5.97 Å². The number of carboxylic acids is 1. The van der Waals surface area contributed by atoms with Gasteiger partial charge in [-0.15, -0.1) is 0 Å². The number of rotatable bonds is 2. The van der Waals surface area contributed by atoms with Crippen molar-refractivity contribution in [3.05, 3.63) is 23.4 Å². The third-order valence-electron chi connectivity index (χ3n) is 3.36. The van der Waals surface area contributed by atoms with Gasteiger partial charge in [0, 0.05) is 17.7 Å². The van der Waals surface area contributed by atoms with Crippen LogP contribution >= 0.6 is 0 Å². The number of morpholine rings is 1. The Morgan fingerprint density at radius 1 is 1.52 bits per heavy atom. The predicted molar refractivity (Wildman–Crippen MR) is 77.5 cm³/mol. The Labute approximate surface area is 124 Å². The maximum Gasteiger partial charge on any atom is 0.335 e. The van der Waals surface area contributed by atoms with Gasteiger partial charge in [-0.1, -0.05) is 20.8 Å². The van der Waals surface area contributed by atoms with E-state index in [0.717, 1.165) is 5.69 Å². The standard InChI is InChI=1S/C15H19N3O3/c1-15(2,3)12-6-10(14(19)20)7-13(17-12)18-4-5-21-11(8-16)9-18/h6-7,11H,4-5,9H2,1-3H3,(H,19,20). The summed E-state index contributed by atoms with van der Waals surface area (Å²) in [5.74, 6) is -0.391. The summed E-state index contributed by atoms with van der Waals surface area (Å²) in [5, 5.41) is 18.2. The molecule has 0 amide bonds. The summed E-state index contributed by atoms with van der Waals surface area (Å²) in [4.78, 5) is 17.8. The lowest BCUT2D eigenvalue weighted by atomic mass is 9.90. The Morgan fingerprint density at radius 3 is 2.81 bits per heavy atom. The Kier molecular flexibility index (Phi) is 4.14. The zero-order chi connectivity index (χ0) is 15.6. The number of nitrogens with zero attached hydrogens (tertiary/aromatic N) is 3. The fourth-order valence-electron chi connectivity index (χ4n) is 2.12. The van der Waals surface area contributed by atoms with Gasteiger partial charge in [0.2, 0.25) is 0 Å². The van der Waals surface area contributed by atoms with Crippen LogP contribution in [0.15, 0.2) is 12.1 Å². The lowest BCUT2D eigenvalue weighted by Crippen LogP contribution is -2.42. The van der Waals surface area contributed by atoms with Gasteiger partial charge in [0.05, 0.1) is 24.8 Å². The molecule has 112 valence electrons. The van der Waals surface area contributed by atoms with Gasteiger partial charge in [-0.3, -0.25) is 0 Å². The highest BCUT2D eigenvalue weighted by Crippen LogP contribution is 2.25. The second kappa shape index (κ2) is 5.70. The van der Waals surface area contributed by atoms with Gasteiger partial charge in [0.25, 0.3) is 0 Å². The molecule has 21 heavy (non-hydrogen) atoms. The number of anilines is 1. The van der Waals surface area contributed by atoms with Gasteiger partial charge in [-0.2, -0.15) is 5.26 Å². The fraction of sp³-hybridized carbons (Fsp3) is 0.533. The molecule has 0 radical (unpaired) electrons. The molecule has 1 aliphatic heterocycles. The van der Waals surface area contributed by atoms with Crippen molar-refractivity contribution in [1.29, 1.82) is 5.26 Å². The van der Waals surface area contributed by atoms with Crippen LogP contribution in [0.25, 0.3) is 0 Å². The molecular formula is C15H19N3O3. The molecule has 6 heteroatoms. The molecule has 1 atom stereocenters. The van der Waals surface area contributed by atoms with Crippen molar-refractivity contribution in [2.45, 2.75) is 32.3 Å². The van der Waals surface area contributed by atoms with Crippen LogP contribution < -0.4 is 4.90 Å². The SMILES string of the molecule is CC(C)(C)c1cc(C(=O)O)cc(N2CCOC(C#N)C2)n1. The van der Waals surface area contributed by atoms with Crippen LogP contribution in [0, 0.1) is 11.3 Å². The molecule has 0 saturated carbocycles. The summed E-state index contributed by atoms with van der Waals surface area (Å²) in [6.07, 6.45) is -0.507. The van der Waals surface area contributed by atoms with Crippen molar-refractivity contribution < 1.29 is 14.6 Å². The Hall–Kier alpha value is -2.13. The molecule has 1 aromatic rings. The number of carboxylic acid groups (broad SMARTS) is 1. The molecule has 2 rings (SSSR count). The smallest absolute Gasteiger partial charge is 0.335 e. The lowest BCUT2D eigenvalue weighted by molar-refractivity contribution is 0.0696. The average Bonchev–Trinajstić information content (AvgIpc) is 2.46. The number of ether oxygens (including phenoxy) is 1. The maximum absolute atomic E-state index is 11.3. The van der Waals surface area contributed by atoms with E-state index in [2.05, 4.69) is 11.1 Å². The van der Waals surface area contributed by atoms with Crippen LogP contribution in [-0.2, 0) is 10.2 Å². The summed E-state index contributed by atoms with van der Waals surface area (Å²) in [6.45, 7) is 7.39. The first kappa shape index (κ1) is 15.3. The van der Waals surface area contributed by atoms with Crippen molar-refractivity contribution in [3.8, 4) is 6.07 Å². The molecule has 0 spiro atoms. The molecule has 1 unspecified atom stereocenters. The fourth-order valence-corrected chi connectivity index (χ4v) is 2.12. The molecular weight excluding hydrogens is 270 g/mol. The molecule has 2 heterocycles. The zero-order valence-electron chi connectivity index (χ0n) is 12.5. The normalized spacial score (nSPS) is 19.1. The van der Waals surface area contributed by atoms with E-state index in [1.54, 1.807) is 12.1 Å². The summed E-state index contributed by atoms with van der Waals surface area (Å²) in [5.41, 5.74) is 0.684. The molecule has 6 nitrogen and oxygen atoms in total. The minimum atomic E-state index is -0.978. The molecule has 0 aliphatic carbocycles. The van der Waals surface area contributed by atoms with Crippen LogP contribution in [-0.4, -0.2) is 41.9 Å². The van der Waals surface area contributed by atoms with Crippen molar-refractivity contribution in [2.75, 3.05) is 24.6 Å². The monoisotopic (exact) mass is 289 g/mol. The number of hydrogen-bond donors (Lipinski definition) is 1. The number of aromatic carboxylic acids is 1. The first-order valence-corrected chi connectivity index (χ1v) is 6.83. The van der Waals surface area contributed by atoms with E-state index in [9.17, 15) is 9.90 Å². The van der Waals surface area contributed by atoms with Gasteiger partial charge in [-0.25, -0.2) is 9.78 Å². The second-order valence-electron chi connectivity index (χ2n) is 6.09. The Balaban J connectivity index is 2.41. The van der Waals surface area contributed by atoms with Gasteiger partial charge < -0.3 is 14.7 Å². The van der Waals surface area contributed by atoms with E-state index in [1.165, 1.54) is 0 Å². The van der Waals surface area contributed by atoms with Gasteiger partial charge in [0.1, 0.15) is 5.82 Å². The molecule has 1 aliphatic rings. The molecule has 1 aromatic heterocycles.